The van der Waals surface area contributed by atoms with Crippen molar-refractivity contribution in [3.63, 3.8) is 0 Å². The lowest BCUT2D eigenvalue weighted by atomic mass is 9.90. The van der Waals surface area contributed by atoms with Crippen LogP contribution in [0.3, 0.4) is 0 Å². The zero-order valence-electron chi connectivity index (χ0n) is 21.0. The Bertz CT molecular complexity index is 875. The van der Waals surface area contributed by atoms with Crippen LogP contribution in [0.4, 0.5) is 9.59 Å². The van der Waals surface area contributed by atoms with Gasteiger partial charge in [0.15, 0.2) is 0 Å². The van der Waals surface area contributed by atoms with E-state index in [1.165, 1.54) is 0 Å². The number of nitrogens with one attached hydrogen (secondary N) is 1. The lowest BCUT2D eigenvalue weighted by Gasteiger charge is -2.31. The highest BCUT2D eigenvalue weighted by Crippen LogP contribution is 2.42. The van der Waals surface area contributed by atoms with E-state index in [0.29, 0.717) is 35.8 Å². The van der Waals surface area contributed by atoms with Crippen LogP contribution in [-0.2, 0) is 18.9 Å². The molecule has 0 radical (unpaired) electrons. The van der Waals surface area contributed by atoms with E-state index in [2.05, 4.69) is 5.32 Å². The highest BCUT2D eigenvalue weighted by atomic mass is 16.7. The van der Waals surface area contributed by atoms with Gasteiger partial charge in [-0.25, -0.2) is 9.59 Å². The zero-order valence-corrected chi connectivity index (χ0v) is 21.0. The molecule has 0 saturated carbocycles. The van der Waals surface area contributed by atoms with Gasteiger partial charge in [0.25, 0.3) is 0 Å². The number of hydrogen-bond acceptors (Lipinski definition) is 10. The average molecular weight is 478 g/mol. The second kappa shape index (κ2) is 12.9. The molecular weight excluding hydrogens is 442 g/mol. The van der Waals surface area contributed by atoms with Gasteiger partial charge < -0.3 is 38.8 Å². The van der Waals surface area contributed by atoms with Crippen LogP contribution in [0.2, 0.25) is 0 Å². The minimum Gasteiger partial charge on any atom is -0.496 e. The fourth-order valence-corrected chi connectivity index (χ4v) is 3.28. The lowest BCUT2D eigenvalue weighted by Crippen LogP contribution is -2.30. The Morgan fingerprint density at radius 1 is 0.853 bits per heavy atom. The third-order valence-electron chi connectivity index (χ3n) is 4.99. The number of carbonyl (C=O) groups excluding carboxylic acids is 2. The van der Waals surface area contributed by atoms with Crippen LogP contribution in [0.25, 0.3) is 0 Å². The number of para-hydroxylation sites is 1. The van der Waals surface area contributed by atoms with Gasteiger partial charge in [0.05, 0.1) is 18.5 Å². The number of methoxy groups -OCH3 is 1. The molecule has 2 rings (SSSR count). The summed E-state index contributed by atoms with van der Waals surface area (Å²) in [6.45, 7) is 4.96. The van der Waals surface area contributed by atoms with E-state index in [1.807, 2.05) is 56.2 Å². The first-order valence-electron chi connectivity index (χ1n) is 10.9. The number of allylic oxidation sites excluding steroid dienone is 2. The van der Waals surface area contributed by atoms with Gasteiger partial charge in [0, 0.05) is 18.7 Å². The largest absolute Gasteiger partial charge is 0.513 e. The molecule has 0 bridgehead atoms. The second-order valence-electron chi connectivity index (χ2n) is 8.29. The van der Waals surface area contributed by atoms with Crippen molar-refractivity contribution in [1.29, 1.82) is 0 Å². The second-order valence-corrected chi connectivity index (χ2v) is 8.29. The van der Waals surface area contributed by atoms with E-state index in [-0.39, 0.29) is 24.7 Å². The van der Waals surface area contributed by atoms with E-state index < -0.39 is 18.2 Å². The van der Waals surface area contributed by atoms with Gasteiger partial charge >= 0.3 is 12.3 Å². The SMILES string of the molecule is COc1ccccc1C1C(OC(=O)OCCN(C)C)=C(C)NC(C)=C1OC(=O)OCCN(C)C. The number of nitrogens with zero attached hydrogens (tertiary/aromatic N) is 2. The van der Waals surface area contributed by atoms with Crippen molar-refractivity contribution in [2.75, 3.05) is 61.6 Å². The maximum atomic E-state index is 12.5. The standard InChI is InChI=1S/C24H35N3O7/c1-16-21(33-23(28)31-14-12-26(3)4)20(18-10-8-9-11-19(18)30-7)22(17(2)25-16)34-24(29)32-15-13-27(5)6/h8-11,20,25H,12-15H2,1-7H3. The van der Waals surface area contributed by atoms with E-state index >= 15 is 0 Å². The molecule has 10 heteroatoms. The van der Waals surface area contributed by atoms with Crippen molar-refractivity contribution in [2.24, 2.45) is 0 Å². The summed E-state index contributed by atoms with van der Waals surface area (Å²) >= 11 is 0. The Hall–Kier alpha value is -3.24. The van der Waals surface area contributed by atoms with E-state index in [0.717, 1.165) is 0 Å². The number of carbonyl (C=O) groups is 2. The van der Waals surface area contributed by atoms with Crippen molar-refractivity contribution < 1.29 is 33.3 Å². The first kappa shape index (κ1) is 27.0. The molecule has 0 aromatic heterocycles. The van der Waals surface area contributed by atoms with Crippen LogP contribution >= 0.6 is 0 Å². The van der Waals surface area contributed by atoms with Crippen LogP contribution in [0.15, 0.2) is 47.2 Å². The highest BCUT2D eigenvalue weighted by molar-refractivity contribution is 5.65. The summed E-state index contributed by atoms with van der Waals surface area (Å²) in [6, 6.07) is 7.24. The van der Waals surface area contributed by atoms with Gasteiger partial charge in [0.2, 0.25) is 0 Å². The van der Waals surface area contributed by atoms with Gasteiger partial charge in [0.1, 0.15) is 36.4 Å². The molecule has 1 aromatic carbocycles. The van der Waals surface area contributed by atoms with Crippen LogP contribution in [-0.4, -0.2) is 83.7 Å². The van der Waals surface area contributed by atoms with Crippen molar-refractivity contribution in [2.45, 2.75) is 19.8 Å². The predicted octanol–water partition coefficient (Wildman–Crippen LogP) is 3.27. The topological polar surface area (TPSA) is 98.8 Å². The van der Waals surface area contributed by atoms with Crippen molar-refractivity contribution >= 4 is 12.3 Å². The summed E-state index contributed by atoms with van der Waals surface area (Å²) in [5.41, 5.74) is 1.80. The molecule has 0 saturated heterocycles. The van der Waals surface area contributed by atoms with Crippen molar-refractivity contribution in [3.8, 4) is 5.75 Å². The first-order chi connectivity index (χ1) is 16.1. The summed E-state index contributed by atoms with van der Waals surface area (Å²) in [6.07, 6.45) is -1.71. The molecule has 1 aliphatic heterocycles. The third-order valence-corrected chi connectivity index (χ3v) is 4.99. The molecule has 1 aliphatic rings. The summed E-state index contributed by atoms with van der Waals surface area (Å²) in [5.74, 6) is 0.265. The zero-order chi connectivity index (χ0) is 25.3. The quantitative estimate of drug-likeness (QED) is 0.506. The molecule has 0 spiro atoms. The van der Waals surface area contributed by atoms with Crippen molar-refractivity contribution in [3.05, 3.63) is 52.7 Å². The van der Waals surface area contributed by atoms with Crippen LogP contribution in [0, 0.1) is 0 Å². The average Bonchev–Trinajstić information content (AvgIpc) is 2.76. The molecule has 34 heavy (non-hydrogen) atoms. The Morgan fingerprint density at radius 2 is 1.32 bits per heavy atom. The molecule has 10 nitrogen and oxygen atoms in total. The molecule has 0 unspecified atom stereocenters. The molecule has 188 valence electrons. The smallest absolute Gasteiger partial charge is 0.496 e. The summed E-state index contributed by atoms with van der Waals surface area (Å²) in [7, 11) is 9.04. The Labute approximate surface area is 201 Å². The molecule has 0 atom stereocenters. The van der Waals surface area contributed by atoms with Gasteiger partial charge in [-0.2, -0.15) is 0 Å². The minimum absolute atomic E-state index is 0.168. The van der Waals surface area contributed by atoms with Gasteiger partial charge in [-0.1, -0.05) is 18.2 Å². The van der Waals surface area contributed by atoms with E-state index in [4.69, 9.17) is 23.7 Å². The monoisotopic (exact) mass is 477 g/mol. The molecule has 1 aromatic rings. The van der Waals surface area contributed by atoms with Crippen molar-refractivity contribution in [1.82, 2.24) is 15.1 Å². The van der Waals surface area contributed by atoms with Gasteiger partial charge in [-0.05, 0) is 48.1 Å². The lowest BCUT2D eigenvalue weighted by molar-refractivity contribution is 0.0566. The number of likely N-dealkylation sites (N-methyl/N-ethyl adjacent to an activating group) is 2. The summed E-state index contributed by atoms with van der Waals surface area (Å²) in [4.78, 5) is 28.7. The fraction of sp³-hybridized carbons (Fsp3) is 0.500. The predicted molar refractivity (Wildman–Crippen MR) is 126 cm³/mol. The Kier molecular flexibility index (Phi) is 10.2. The maximum absolute atomic E-state index is 12.5. The third kappa shape index (κ3) is 7.67. The number of rotatable bonds is 10. The first-order valence-corrected chi connectivity index (χ1v) is 10.9. The minimum atomic E-state index is -0.856. The molecule has 0 aliphatic carbocycles. The fourth-order valence-electron chi connectivity index (χ4n) is 3.28. The number of ether oxygens (including phenoxy) is 5. The maximum Gasteiger partial charge on any atom is 0.513 e. The molecule has 0 amide bonds. The van der Waals surface area contributed by atoms with Crippen LogP contribution < -0.4 is 10.1 Å². The van der Waals surface area contributed by atoms with Crippen LogP contribution in [0.5, 0.6) is 5.75 Å². The Balaban J connectivity index is 2.35. The summed E-state index contributed by atoms with van der Waals surface area (Å²) < 4.78 is 27.2. The molecule has 1 heterocycles. The number of hydrogen-bond donors (Lipinski definition) is 1. The Morgan fingerprint density at radius 3 is 1.76 bits per heavy atom. The van der Waals surface area contributed by atoms with Gasteiger partial charge in [-0.3, -0.25) is 0 Å². The normalized spacial score (nSPS) is 14.3. The van der Waals surface area contributed by atoms with Crippen LogP contribution in [0.1, 0.15) is 25.3 Å². The van der Waals surface area contributed by atoms with Gasteiger partial charge in [-0.15, -0.1) is 0 Å². The summed E-state index contributed by atoms with van der Waals surface area (Å²) in [5, 5.41) is 3.11. The molecular formula is C24H35N3O7. The molecule has 1 N–H and O–H groups in total. The highest BCUT2D eigenvalue weighted by Gasteiger charge is 2.37. The number of benzene rings is 1. The van der Waals surface area contributed by atoms with E-state index in [9.17, 15) is 9.59 Å². The van der Waals surface area contributed by atoms with E-state index in [1.54, 1.807) is 27.0 Å². The number of dihydropyridines is 1. The molecule has 0 fully saturated rings.